The summed E-state index contributed by atoms with van der Waals surface area (Å²) >= 11 is 1.31. The maximum absolute atomic E-state index is 5.53. The molecule has 0 bridgehead atoms. The van der Waals surface area contributed by atoms with E-state index in [0.29, 0.717) is 16.6 Å². The van der Waals surface area contributed by atoms with Crippen molar-refractivity contribution in [1.29, 1.82) is 0 Å². The van der Waals surface area contributed by atoms with Crippen molar-refractivity contribution in [3.63, 3.8) is 0 Å². The maximum Gasteiger partial charge on any atom is 0.241 e. The van der Waals surface area contributed by atoms with Gasteiger partial charge >= 0.3 is 0 Å². The van der Waals surface area contributed by atoms with Crippen LogP contribution in [-0.4, -0.2) is 19.9 Å². The summed E-state index contributed by atoms with van der Waals surface area (Å²) in [6, 6.07) is 0. The standard InChI is InChI=1S/C5H7N7S/c6-4-11-10-3(12(4)8)2-1-13-5(7)9-2/h1H,8H2,(H2,6,11)(H2,7,9). The molecule has 2 heterocycles. The molecule has 7 nitrogen and oxygen atoms in total. The minimum Gasteiger partial charge on any atom is -0.375 e. The third-order valence-electron chi connectivity index (χ3n) is 1.47. The minimum absolute atomic E-state index is 0.140. The Morgan fingerprint density at radius 2 is 2.08 bits per heavy atom. The first-order chi connectivity index (χ1) is 6.18. The Kier molecular flexibility index (Phi) is 1.55. The van der Waals surface area contributed by atoms with E-state index < -0.39 is 0 Å². The third-order valence-corrected chi connectivity index (χ3v) is 2.15. The molecule has 0 atom stereocenters. The predicted octanol–water partition coefficient (Wildman–Crippen LogP) is -0.720. The molecule has 0 aliphatic carbocycles. The smallest absolute Gasteiger partial charge is 0.241 e. The van der Waals surface area contributed by atoms with Gasteiger partial charge in [0.2, 0.25) is 11.8 Å². The Morgan fingerprint density at radius 1 is 1.31 bits per heavy atom. The fourth-order valence-corrected chi connectivity index (χ4v) is 1.41. The van der Waals surface area contributed by atoms with Crippen LogP contribution in [0, 0.1) is 0 Å². The van der Waals surface area contributed by atoms with Crippen molar-refractivity contribution in [3.8, 4) is 11.5 Å². The molecule has 2 rings (SSSR count). The van der Waals surface area contributed by atoms with E-state index in [-0.39, 0.29) is 5.95 Å². The van der Waals surface area contributed by atoms with Gasteiger partial charge in [0.05, 0.1) is 0 Å². The molecule has 13 heavy (non-hydrogen) atoms. The van der Waals surface area contributed by atoms with Gasteiger partial charge < -0.3 is 17.3 Å². The highest BCUT2D eigenvalue weighted by molar-refractivity contribution is 7.13. The Balaban J connectivity index is 2.52. The summed E-state index contributed by atoms with van der Waals surface area (Å²) in [5.74, 6) is 6.08. The molecule has 8 heteroatoms. The Bertz CT molecular complexity index is 430. The van der Waals surface area contributed by atoms with E-state index in [1.807, 2.05) is 0 Å². The van der Waals surface area contributed by atoms with Gasteiger partial charge in [-0.2, -0.15) is 0 Å². The van der Waals surface area contributed by atoms with Crippen LogP contribution in [0.15, 0.2) is 5.38 Å². The molecule has 0 fully saturated rings. The average Bonchev–Trinajstić information content (AvgIpc) is 2.62. The van der Waals surface area contributed by atoms with E-state index in [1.54, 1.807) is 5.38 Å². The maximum atomic E-state index is 5.53. The first kappa shape index (κ1) is 7.80. The van der Waals surface area contributed by atoms with Crippen LogP contribution in [0.3, 0.4) is 0 Å². The van der Waals surface area contributed by atoms with Crippen LogP contribution >= 0.6 is 11.3 Å². The van der Waals surface area contributed by atoms with Gasteiger partial charge in [-0.3, -0.25) is 0 Å². The molecule has 0 spiro atoms. The van der Waals surface area contributed by atoms with Crippen molar-refractivity contribution < 1.29 is 0 Å². The summed E-state index contributed by atoms with van der Waals surface area (Å²) in [5.41, 5.74) is 11.4. The predicted molar refractivity (Wildman–Crippen MR) is 50.1 cm³/mol. The monoisotopic (exact) mass is 197 g/mol. The van der Waals surface area contributed by atoms with Crippen molar-refractivity contribution in [2.45, 2.75) is 0 Å². The van der Waals surface area contributed by atoms with Gasteiger partial charge in [0, 0.05) is 5.38 Å². The van der Waals surface area contributed by atoms with Gasteiger partial charge in [0.1, 0.15) is 5.69 Å². The fourth-order valence-electron chi connectivity index (χ4n) is 0.868. The molecule has 2 aromatic heterocycles. The number of anilines is 2. The van der Waals surface area contributed by atoms with Crippen LogP contribution in [0.1, 0.15) is 0 Å². The highest BCUT2D eigenvalue weighted by Gasteiger charge is 2.11. The molecule has 2 aromatic rings. The molecular weight excluding hydrogens is 190 g/mol. The molecule has 0 unspecified atom stereocenters. The van der Waals surface area contributed by atoms with Crippen LogP contribution in [0.25, 0.3) is 11.5 Å². The summed E-state index contributed by atoms with van der Waals surface area (Å²) < 4.78 is 1.16. The minimum atomic E-state index is 0.140. The van der Waals surface area contributed by atoms with E-state index in [9.17, 15) is 0 Å². The summed E-state index contributed by atoms with van der Waals surface area (Å²) in [6.45, 7) is 0. The van der Waals surface area contributed by atoms with Gasteiger partial charge in [-0.15, -0.1) is 21.5 Å². The fraction of sp³-hybridized carbons (Fsp3) is 0. The number of hydrogen-bond acceptors (Lipinski definition) is 7. The zero-order chi connectivity index (χ0) is 9.42. The molecular formula is C5H7N7S. The summed E-state index contributed by atoms with van der Waals surface area (Å²) in [5, 5.41) is 9.54. The summed E-state index contributed by atoms with van der Waals surface area (Å²) in [4.78, 5) is 3.99. The van der Waals surface area contributed by atoms with E-state index >= 15 is 0 Å². The number of rotatable bonds is 1. The topological polar surface area (TPSA) is 122 Å². The van der Waals surface area contributed by atoms with E-state index in [4.69, 9.17) is 17.3 Å². The average molecular weight is 197 g/mol. The van der Waals surface area contributed by atoms with E-state index in [0.717, 1.165) is 4.68 Å². The molecule has 0 saturated carbocycles. The van der Waals surface area contributed by atoms with Crippen molar-refractivity contribution in [1.82, 2.24) is 19.9 Å². The molecule has 0 aromatic carbocycles. The zero-order valence-electron chi connectivity index (χ0n) is 6.51. The van der Waals surface area contributed by atoms with Crippen molar-refractivity contribution >= 4 is 22.4 Å². The molecule has 6 N–H and O–H groups in total. The molecule has 0 aliphatic rings. The normalized spacial score (nSPS) is 10.5. The first-order valence-electron chi connectivity index (χ1n) is 3.36. The Labute approximate surface area is 77.2 Å². The quantitative estimate of drug-likeness (QED) is 0.518. The van der Waals surface area contributed by atoms with Crippen molar-refractivity contribution in [2.24, 2.45) is 0 Å². The van der Waals surface area contributed by atoms with Gasteiger partial charge in [-0.1, -0.05) is 0 Å². The Morgan fingerprint density at radius 3 is 2.54 bits per heavy atom. The summed E-state index contributed by atoms with van der Waals surface area (Å²) in [6.07, 6.45) is 0. The van der Waals surface area contributed by atoms with Gasteiger partial charge in [0.25, 0.3) is 0 Å². The zero-order valence-corrected chi connectivity index (χ0v) is 7.32. The third kappa shape index (κ3) is 1.16. The highest BCUT2D eigenvalue weighted by Crippen LogP contribution is 2.20. The lowest BCUT2D eigenvalue weighted by Gasteiger charge is -1.95. The summed E-state index contributed by atoms with van der Waals surface area (Å²) in [7, 11) is 0. The van der Waals surface area contributed by atoms with Crippen LogP contribution < -0.4 is 17.3 Å². The van der Waals surface area contributed by atoms with Crippen LogP contribution in [0.4, 0.5) is 11.1 Å². The van der Waals surface area contributed by atoms with Gasteiger partial charge in [-0.25, -0.2) is 9.66 Å². The van der Waals surface area contributed by atoms with Crippen LogP contribution in [0.2, 0.25) is 0 Å². The van der Waals surface area contributed by atoms with Gasteiger partial charge in [0.15, 0.2) is 5.13 Å². The second-order valence-electron chi connectivity index (χ2n) is 2.32. The van der Waals surface area contributed by atoms with E-state index in [1.165, 1.54) is 11.3 Å². The number of thiazole rings is 1. The molecule has 0 aliphatic heterocycles. The highest BCUT2D eigenvalue weighted by atomic mass is 32.1. The number of hydrogen-bond donors (Lipinski definition) is 3. The molecule has 0 saturated heterocycles. The lowest BCUT2D eigenvalue weighted by Crippen LogP contribution is -2.13. The molecule has 0 radical (unpaired) electrons. The number of nitrogens with two attached hydrogens (primary N) is 3. The lowest BCUT2D eigenvalue weighted by molar-refractivity contribution is 1.01. The molecule has 0 amide bonds. The first-order valence-corrected chi connectivity index (χ1v) is 4.24. The number of nitrogens with zero attached hydrogens (tertiary/aromatic N) is 4. The van der Waals surface area contributed by atoms with Crippen molar-refractivity contribution in [2.75, 3.05) is 17.3 Å². The largest absolute Gasteiger partial charge is 0.375 e. The number of nitrogen functional groups attached to an aromatic ring is 3. The SMILES string of the molecule is Nc1nc(-c2nnc(N)n2N)cs1. The second-order valence-corrected chi connectivity index (χ2v) is 3.21. The van der Waals surface area contributed by atoms with E-state index in [2.05, 4.69) is 15.2 Å². The van der Waals surface area contributed by atoms with Crippen LogP contribution in [0.5, 0.6) is 0 Å². The second kappa shape index (κ2) is 2.59. The lowest BCUT2D eigenvalue weighted by atomic mass is 10.5. The van der Waals surface area contributed by atoms with Crippen LogP contribution in [-0.2, 0) is 0 Å². The molecule has 68 valence electrons. The van der Waals surface area contributed by atoms with Crippen molar-refractivity contribution in [3.05, 3.63) is 5.38 Å². The number of aromatic nitrogens is 4. The Hall–Kier alpha value is -1.83. The van der Waals surface area contributed by atoms with Gasteiger partial charge in [-0.05, 0) is 0 Å².